The van der Waals surface area contributed by atoms with Crippen LogP contribution in [0.5, 0.6) is 0 Å². The van der Waals surface area contributed by atoms with E-state index in [4.69, 9.17) is 0 Å². The molecule has 3 rings (SSSR count). The van der Waals surface area contributed by atoms with E-state index in [1.165, 1.54) is 19.3 Å². The lowest BCUT2D eigenvalue weighted by Crippen LogP contribution is -2.47. The smallest absolute Gasteiger partial charge is 0.0649 e. The lowest BCUT2D eigenvalue weighted by Gasteiger charge is -2.50. The number of hydrogen-bond donors (Lipinski definition) is 1. The highest BCUT2D eigenvalue weighted by molar-refractivity contribution is 8.00. The molecule has 0 unspecified atom stereocenters. The molecule has 0 saturated heterocycles. The number of fused-ring (bicyclic) bond motifs is 3. The van der Waals surface area contributed by atoms with Crippen LogP contribution in [-0.2, 0) is 0 Å². The van der Waals surface area contributed by atoms with Crippen LogP contribution in [0.3, 0.4) is 0 Å². The highest BCUT2D eigenvalue weighted by atomic mass is 32.2. The average Bonchev–Trinajstić information content (AvgIpc) is 2.07. The van der Waals surface area contributed by atoms with Gasteiger partial charge in [-0.15, -0.1) is 0 Å². The van der Waals surface area contributed by atoms with E-state index in [0.29, 0.717) is 4.75 Å². The van der Waals surface area contributed by atoms with Crippen molar-refractivity contribution in [3.8, 4) is 0 Å². The molecule has 0 aromatic rings. The van der Waals surface area contributed by atoms with E-state index in [1.807, 2.05) is 11.8 Å². The lowest BCUT2D eigenvalue weighted by atomic mass is 9.67. The van der Waals surface area contributed by atoms with Gasteiger partial charge in [0, 0.05) is 4.75 Å². The van der Waals surface area contributed by atoms with Gasteiger partial charge in [0.1, 0.15) is 0 Å². The summed E-state index contributed by atoms with van der Waals surface area (Å²) < 4.78 is 0.560. The molecule has 0 radical (unpaired) electrons. The predicted molar refractivity (Wildman–Crippen MR) is 48.9 cm³/mol. The van der Waals surface area contributed by atoms with Crippen LogP contribution >= 0.6 is 11.8 Å². The molecule has 0 aromatic carbocycles. The summed E-state index contributed by atoms with van der Waals surface area (Å²) in [5, 5.41) is 9.92. The van der Waals surface area contributed by atoms with Gasteiger partial charge in [0.15, 0.2) is 0 Å². The van der Waals surface area contributed by atoms with Crippen LogP contribution < -0.4 is 0 Å². The average molecular weight is 172 g/mol. The highest BCUT2D eigenvalue weighted by Crippen LogP contribution is 2.52. The molecule has 0 atom stereocenters. The molecule has 0 aliphatic heterocycles. The first-order chi connectivity index (χ1) is 5.18. The summed E-state index contributed by atoms with van der Waals surface area (Å²) in [5.74, 6) is 0. The van der Waals surface area contributed by atoms with Crippen LogP contribution in [0.2, 0.25) is 0 Å². The molecule has 3 aliphatic carbocycles. The Bertz CT molecular complexity index is 142. The second kappa shape index (κ2) is 2.40. The van der Waals surface area contributed by atoms with Crippen LogP contribution in [0, 0.1) is 0 Å². The fraction of sp³-hybridized carbons (Fsp3) is 1.00. The molecule has 0 spiro atoms. The standard InChI is InChI=1S/C9H16OS/c1-11-9-5-2-8(10,3-6-9)4-7-9/h10H,2-7H2,1H3. The molecule has 1 nitrogen and oxygen atoms in total. The molecule has 2 heteroatoms. The Morgan fingerprint density at radius 1 is 1.00 bits per heavy atom. The van der Waals surface area contributed by atoms with Crippen LogP contribution in [0.15, 0.2) is 0 Å². The Morgan fingerprint density at radius 2 is 1.45 bits per heavy atom. The quantitative estimate of drug-likeness (QED) is 0.654. The maximum absolute atomic E-state index is 9.92. The summed E-state index contributed by atoms with van der Waals surface area (Å²) in [4.78, 5) is 0. The van der Waals surface area contributed by atoms with Crippen LogP contribution in [0.1, 0.15) is 38.5 Å². The van der Waals surface area contributed by atoms with Gasteiger partial charge in [-0.3, -0.25) is 0 Å². The molecule has 2 bridgehead atoms. The van der Waals surface area contributed by atoms with Gasteiger partial charge in [0.25, 0.3) is 0 Å². The number of rotatable bonds is 1. The first kappa shape index (κ1) is 7.93. The third-order valence-electron chi connectivity index (χ3n) is 3.57. The number of aliphatic hydroxyl groups is 1. The van der Waals surface area contributed by atoms with Gasteiger partial charge in [-0.05, 0) is 44.8 Å². The minimum absolute atomic E-state index is 0.252. The number of thioether (sulfide) groups is 1. The van der Waals surface area contributed by atoms with Crippen molar-refractivity contribution in [1.82, 2.24) is 0 Å². The molecule has 11 heavy (non-hydrogen) atoms. The largest absolute Gasteiger partial charge is 0.390 e. The molecule has 64 valence electrons. The van der Waals surface area contributed by atoms with E-state index in [-0.39, 0.29) is 5.60 Å². The Kier molecular flexibility index (Phi) is 1.73. The summed E-state index contributed by atoms with van der Waals surface area (Å²) in [6, 6.07) is 0. The molecular weight excluding hydrogens is 156 g/mol. The fourth-order valence-electron chi connectivity index (χ4n) is 2.44. The third-order valence-corrected chi connectivity index (χ3v) is 5.05. The molecule has 0 aromatic heterocycles. The SMILES string of the molecule is CSC12CCC(O)(CC1)CC2. The van der Waals surface area contributed by atoms with E-state index < -0.39 is 0 Å². The zero-order chi connectivity index (χ0) is 7.95. The second-order valence-electron chi connectivity index (χ2n) is 4.11. The van der Waals surface area contributed by atoms with E-state index in [9.17, 15) is 5.11 Å². The second-order valence-corrected chi connectivity index (χ2v) is 5.39. The van der Waals surface area contributed by atoms with Crippen LogP contribution in [0.4, 0.5) is 0 Å². The van der Waals surface area contributed by atoms with Crippen molar-refractivity contribution in [2.75, 3.05) is 6.26 Å². The van der Waals surface area contributed by atoms with Gasteiger partial charge >= 0.3 is 0 Å². The van der Waals surface area contributed by atoms with Gasteiger partial charge in [0.05, 0.1) is 5.60 Å². The van der Waals surface area contributed by atoms with Crippen LogP contribution in [-0.4, -0.2) is 21.7 Å². The normalized spacial score (nSPS) is 49.6. The lowest BCUT2D eigenvalue weighted by molar-refractivity contribution is -0.0453. The summed E-state index contributed by atoms with van der Waals surface area (Å²) in [7, 11) is 0. The van der Waals surface area contributed by atoms with Crippen molar-refractivity contribution in [3.05, 3.63) is 0 Å². The van der Waals surface area contributed by atoms with E-state index in [0.717, 1.165) is 19.3 Å². The zero-order valence-corrected chi connectivity index (χ0v) is 7.91. The summed E-state index contributed by atoms with van der Waals surface area (Å²) in [5.41, 5.74) is -0.252. The Hall–Kier alpha value is 0.310. The summed E-state index contributed by atoms with van der Waals surface area (Å²) in [6.45, 7) is 0. The maximum atomic E-state index is 9.92. The van der Waals surface area contributed by atoms with Gasteiger partial charge < -0.3 is 5.11 Å². The summed E-state index contributed by atoms with van der Waals surface area (Å²) in [6.07, 6.45) is 9.09. The molecule has 3 saturated carbocycles. The monoisotopic (exact) mass is 172 g/mol. The predicted octanol–water partition coefficient (Wildman–Crippen LogP) is 2.19. The van der Waals surface area contributed by atoms with Crippen molar-refractivity contribution in [2.45, 2.75) is 48.9 Å². The highest BCUT2D eigenvalue weighted by Gasteiger charge is 2.46. The van der Waals surface area contributed by atoms with Crippen molar-refractivity contribution in [3.63, 3.8) is 0 Å². The van der Waals surface area contributed by atoms with Gasteiger partial charge in [-0.2, -0.15) is 11.8 Å². The molecule has 3 aliphatic rings. The maximum Gasteiger partial charge on any atom is 0.0649 e. The van der Waals surface area contributed by atoms with Gasteiger partial charge in [0.2, 0.25) is 0 Å². The molecule has 1 N–H and O–H groups in total. The van der Waals surface area contributed by atoms with Gasteiger partial charge in [-0.25, -0.2) is 0 Å². The Labute approximate surface area is 72.6 Å². The van der Waals surface area contributed by atoms with Gasteiger partial charge in [-0.1, -0.05) is 0 Å². The van der Waals surface area contributed by atoms with Crippen molar-refractivity contribution in [2.24, 2.45) is 0 Å². The molecule has 0 amide bonds. The molecular formula is C9H16OS. The van der Waals surface area contributed by atoms with Crippen LogP contribution in [0.25, 0.3) is 0 Å². The van der Waals surface area contributed by atoms with E-state index in [1.54, 1.807) is 0 Å². The minimum Gasteiger partial charge on any atom is -0.390 e. The van der Waals surface area contributed by atoms with Crippen molar-refractivity contribution >= 4 is 11.8 Å². The van der Waals surface area contributed by atoms with E-state index in [2.05, 4.69) is 6.26 Å². The zero-order valence-electron chi connectivity index (χ0n) is 7.10. The topological polar surface area (TPSA) is 20.2 Å². The third kappa shape index (κ3) is 1.20. The minimum atomic E-state index is -0.252. The van der Waals surface area contributed by atoms with Crippen molar-refractivity contribution < 1.29 is 5.11 Å². The number of hydrogen-bond acceptors (Lipinski definition) is 2. The summed E-state index contributed by atoms with van der Waals surface area (Å²) >= 11 is 2.02. The first-order valence-electron chi connectivity index (χ1n) is 4.46. The molecule has 3 fully saturated rings. The Morgan fingerprint density at radius 3 is 1.82 bits per heavy atom. The molecule has 0 heterocycles. The fourth-order valence-corrected chi connectivity index (χ4v) is 3.36. The van der Waals surface area contributed by atoms with Crippen molar-refractivity contribution in [1.29, 1.82) is 0 Å². The van der Waals surface area contributed by atoms with E-state index >= 15 is 0 Å². The first-order valence-corrected chi connectivity index (χ1v) is 5.68. The Balaban J connectivity index is 2.12.